The lowest BCUT2D eigenvalue weighted by atomic mass is 10.2. The van der Waals surface area contributed by atoms with Gasteiger partial charge in [-0.2, -0.15) is 0 Å². The Bertz CT molecular complexity index is 635. The molecule has 0 spiro atoms. The lowest BCUT2D eigenvalue weighted by Crippen LogP contribution is -2.48. The van der Waals surface area contributed by atoms with Crippen molar-refractivity contribution >= 4 is 11.8 Å². The fraction of sp³-hybridized carbons (Fsp3) is 0.471. The van der Waals surface area contributed by atoms with Crippen molar-refractivity contribution in [3.05, 3.63) is 42.1 Å². The quantitative estimate of drug-likeness (QED) is 0.908. The fourth-order valence-electron chi connectivity index (χ4n) is 2.78. The average Bonchev–Trinajstić information content (AvgIpc) is 2.59. The molecule has 1 aliphatic rings. The molecule has 0 aromatic carbocycles. The molecule has 0 bridgehead atoms. The fourth-order valence-corrected chi connectivity index (χ4v) is 2.78. The monoisotopic (exact) mass is 330 g/mol. The zero-order chi connectivity index (χ0) is 16.9. The van der Waals surface area contributed by atoms with Crippen LogP contribution in [-0.2, 0) is 6.54 Å². The van der Waals surface area contributed by atoms with Crippen LogP contribution in [0.15, 0.2) is 30.7 Å². The zero-order valence-corrected chi connectivity index (χ0v) is 14.1. The van der Waals surface area contributed by atoms with E-state index in [0.717, 1.165) is 45.1 Å². The van der Waals surface area contributed by atoms with E-state index in [0.29, 0.717) is 17.8 Å². The minimum absolute atomic E-state index is 0.335. The standard InChI is InChI=1S/C17H23FN6/c1-13(2)24-7-5-23(6-8-24)12-14-3-4-16(19-9-14)22-17-20-10-15(18)11-21-17/h3-4,9-11,13H,5-8,12H2,1-2H3,(H,19,20,21,22). The highest BCUT2D eigenvalue weighted by molar-refractivity contribution is 5.47. The van der Waals surface area contributed by atoms with E-state index in [-0.39, 0.29) is 0 Å². The first-order valence-electron chi connectivity index (χ1n) is 8.26. The maximum Gasteiger partial charge on any atom is 0.228 e. The Morgan fingerprint density at radius 3 is 2.33 bits per heavy atom. The van der Waals surface area contributed by atoms with Crippen molar-refractivity contribution in [3.8, 4) is 0 Å². The molecule has 0 unspecified atom stereocenters. The molecule has 1 fully saturated rings. The second kappa shape index (κ2) is 7.63. The summed E-state index contributed by atoms with van der Waals surface area (Å²) in [6, 6.07) is 4.56. The average molecular weight is 330 g/mol. The maximum absolute atomic E-state index is 12.8. The molecule has 6 nitrogen and oxygen atoms in total. The number of nitrogens with one attached hydrogen (secondary N) is 1. The van der Waals surface area contributed by atoms with E-state index in [9.17, 15) is 4.39 Å². The molecule has 128 valence electrons. The van der Waals surface area contributed by atoms with Crippen molar-refractivity contribution in [2.45, 2.75) is 26.4 Å². The number of rotatable bonds is 5. The first-order chi connectivity index (χ1) is 11.6. The summed E-state index contributed by atoms with van der Waals surface area (Å²) in [5.74, 6) is 0.526. The summed E-state index contributed by atoms with van der Waals surface area (Å²) in [4.78, 5) is 17.1. The molecule has 0 amide bonds. The van der Waals surface area contributed by atoms with Gasteiger partial charge in [0.1, 0.15) is 5.82 Å². The van der Waals surface area contributed by atoms with Gasteiger partial charge in [0.25, 0.3) is 0 Å². The van der Waals surface area contributed by atoms with Gasteiger partial charge in [0, 0.05) is 45.0 Å². The van der Waals surface area contributed by atoms with Gasteiger partial charge in [-0.05, 0) is 25.5 Å². The van der Waals surface area contributed by atoms with E-state index in [4.69, 9.17) is 0 Å². The largest absolute Gasteiger partial charge is 0.309 e. The molecule has 7 heteroatoms. The topological polar surface area (TPSA) is 57.2 Å². The minimum atomic E-state index is -0.457. The minimum Gasteiger partial charge on any atom is -0.309 e. The van der Waals surface area contributed by atoms with Gasteiger partial charge in [-0.1, -0.05) is 6.07 Å². The number of piperazine rings is 1. The molecule has 3 rings (SSSR count). The van der Waals surface area contributed by atoms with Gasteiger partial charge in [-0.25, -0.2) is 19.3 Å². The van der Waals surface area contributed by atoms with Crippen molar-refractivity contribution in [3.63, 3.8) is 0 Å². The van der Waals surface area contributed by atoms with Crippen molar-refractivity contribution < 1.29 is 4.39 Å². The van der Waals surface area contributed by atoms with Crippen LogP contribution in [0.4, 0.5) is 16.2 Å². The van der Waals surface area contributed by atoms with Crippen LogP contribution in [0.3, 0.4) is 0 Å². The number of halogens is 1. The zero-order valence-electron chi connectivity index (χ0n) is 14.1. The first-order valence-corrected chi connectivity index (χ1v) is 8.26. The highest BCUT2D eigenvalue weighted by atomic mass is 19.1. The summed E-state index contributed by atoms with van der Waals surface area (Å²) in [5, 5.41) is 2.96. The second-order valence-corrected chi connectivity index (χ2v) is 6.31. The number of nitrogens with zero attached hydrogens (tertiary/aromatic N) is 5. The third-order valence-electron chi connectivity index (χ3n) is 4.23. The lowest BCUT2D eigenvalue weighted by Gasteiger charge is -2.36. The van der Waals surface area contributed by atoms with Crippen LogP contribution in [0, 0.1) is 5.82 Å². The molecule has 0 aliphatic carbocycles. The van der Waals surface area contributed by atoms with Gasteiger partial charge in [-0.15, -0.1) is 0 Å². The number of anilines is 2. The van der Waals surface area contributed by atoms with Crippen molar-refractivity contribution in [1.29, 1.82) is 0 Å². The van der Waals surface area contributed by atoms with Crippen molar-refractivity contribution in [2.24, 2.45) is 0 Å². The molecule has 3 heterocycles. The summed E-state index contributed by atoms with van der Waals surface area (Å²) in [7, 11) is 0. The van der Waals surface area contributed by atoms with E-state index in [1.54, 1.807) is 0 Å². The Balaban J connectivity index is 1.52. The van der Waals surface area contributed by atoms with Gasteiger partial charge < -0.3 is 5.32 Å². The first kappa shape index (κ1) is 16.7. The summed E-state index contributed by atoms with van der Waals surface area (Å²) in [6.07, 6.45) is 4.11. The second-order valence-electron chi connectivity index (χ2n) is 6.31. The normalized spacial score (nSPS) is 16.5. The van der Waals surface area contributed by atoms with Crippen LogP contribution in [0.1, 0.15) is 19.4 Å². The highest BCUT2D eigenvalue weighted by Crippen LogP contribution is 2.13. The third-order valence-corrected chi connectivity index (χ3v) is 4.23. The molecule has 0 atom stereocenters. The number of hydrogen-bond acceptors (Lipinski definition) is 6. The Morgan fingerprint density at radius 2 is 1.75 bits per heavy atom. The molecule has 1 aliphatic heterocycles. The van der Waals surface area contributed by atoms with Crippen LogP contribution in [0.5, 0.6) is 0 Å². The molecule has 1 saturated heterocycles. The van der Waals surface area contributed by atoms with E-state index in [2.05, 4.69) is 43.9 Å². The van der Waals surface area contributed by atoms with Crippen LogP contribution in [0.25, 0.3) is 0 Å². The van der Waals surface area contributed by atoms with Gasteiger partial charge in [0.2, 0.25) is 5.95 Å². The van der Waals surface area contributed by atoms with Crippen LogP contribution in [-0.4, -0.2) is 57.0 Å². The predicted molar refractivity (Wildman–Crippen MR) is 91.5 cm³/mol. The van der Waals surface area contributed by atoms with E-state index >= 15 is 0 Å². The van der Waals surface area contributed by atoms with E-state index in [1.165, 1.54) is 5.56 Å². The Hall–Kier alpha value is -2.12. The number of hydrogen-bond donors (Lipinski definition) is 1. The molecule has 0 saturated carbocycles. The van der Waals surface area contributed by atoms with Crippen molar-refractivity contribution in [2.75, 3.05) is 31.5 Å². The van der Waals surface area contributed by atoms with Gasteiger partial charge in [-0.3, -0.25) is 9.80 Å². The van der Waals surface area contributed by atoms with Crippen LogP contribution in [0.2, 0.25) is 0 Å². The van der Waals surface area contributed by atoms with Crippen LogP contribution >= 0.6 is 0 Å². The smallest absolute Gasteiger partial charge is 0.228 e. The maximum atomic E-state index is 12.8. The Morgan fingerprint density at radius 1 is 1.04 bits per heavy atom. The third kappa shape index (κ3) is 4.46. The van der Waals surface area contributed by atoms with Gasteiger partial charge >= 0.3 is 0 Å². The molecular formula is C17H23FN6. The molecule has 2 aromatic rings. The van der Waals surface area contributed by atoms with Gasteiger partial charge in [0.05, 0.1) is 12.4 Å². The number of pyridine rings is 1. The predicted octanol–water partition coefficient (Wildman–Crippen LogP) is 2.28. The molecule has 0 radical (unpaired) electrons. The van der Waals surface area contributed by atoms with E-state index in [1.807, 2.05) is 18.3 Å². The summed E-state index contributed by atoms with van der Waals surface area (Å²) >= 11 is 0. The lowest BCUT2D eigenvalue weighted by molar-refractivity contribution is 0.104. The Kier molecular flexibility index (Phi) is 5.32. The molecule has 2 aromatic heterocycles. The molecule has 24 heavy (non-hydrogen) atoms. The van der Waals surface area contributed by atoms with Gasteiger partial charge in [0.15, 0.2) is 5.82 Å². The van der Waals surface area contributed by atoms with Crippen molar-refractivity contribution in [1.82, 2.24) is 24.8 Å². The highest BCUT2D eigenvalue weighted by Gasteiger charge is 2.18. The summed E-state index contributed by atoms with van der Waals surface area (Å²) in [5.41, 5.74) is 1.18. The molecule has 1 N–H and O–H groups in total. The SMILES string of the molecule is CC(C)N1CCN(Cc2ccc(Nc3ncc(F)cn3)nc2)CC1. The summed E-state index contributed by atoms with van der Waals surface area (Å²) < 4.78 is 12.8. The Labute approximate surface area is 141 Å². The van der Waals surface area contributed by atoms with E-state index < -0.39 is 5.82 Å². The number of aromatic nitrogens is 3. The molecular weight excluding hydrogens is 307 g/mol. The van der Waals surface area contributed by atoms with Crippen LogP contribution < -0.4 is 5.32 Å². The summed E-state index contributed by atoms with van der Waals surface area (Å²) in [6.45, 7) is 9.81.